The smallest absolute Gasteiger partial charge is 0.0701 e. The SMILES string of the molecule is OCCOC1CCN(Cc2cccc(Cl)c2)CC1. The predicted octanol–water partition coefficient (Wildman–Crippen LogP) is 2.31. The molecular formula is C14H20ClNO2. The number of halogens is 1. The molecule has 1 aliphatic heterocycles. The summed E-state index contributed by atoms with van der Waals surface area (Å²) in [5.74, 6) is 0. The monoisotopic (exact) mass is 269 g/mol. The highest BCUT2D eigenvalue weighted by molar-refractivity contribution is 6.30. The van der Waals surface area contributed by atoms with E-state index in [-0.39, 0.29) is 6.61 Å². The first kappa shape index (κ1) is 13.8. The molecule has 1 aromatic carbocycles. The minimum absolute atomic E-state index is 0.114. The molecule has 0 radical (unpaired) electrons. The van der Waals surface area contributed by atoms with Crippen LogP contribution < -0.4 is 0 Å². The summed E-state index contributed by atoms with van der Waals surface area (Å²) in [6.45, 7) is 3.61. The van der Waals surface area contributed by atoms with Crippen LogP contribution >= 0.6 is 11.6 Å². The second-order valence-electron chi connectivity index (χ2n) is 4.70. The maximum Gasteiger partial charge on any atom is 0.0701 e. The van der Waals surface area contributed by atoms with E-state index in [1.165, 1.54) is 5.56 Å². The summed E-state index contributed by atoms with van der Waals surface area (Å²) in [6.07, 6.45) is 2.40. The molecule has 1 fully saturated rings. The average molecular weight is 270 g/mol. The van der Waals surface area contributed by atoms with E-state index in [1.807, 2.05) is 18.2 Å². The van der Waals surface area contributed by atoms with Gasteiger partial charge < -0.3 is 9.84 Å². The van der Waals surface area contributed by atoms with Gasteiger partial charge in [-0.2, -0.15) is 0 Å². The van der Waals surface area contributed by atoms with Crippen molar-refractivity contribution < 1.29 is 9.84 Å². The molecule has 1 saturated heterocycles. The summed E-state index contributed by atoms with van der Waals surface area (Å²) in [7, 11) is 0. The standard InChI is InChI=1S/C14H20ClNO2/c15-13-3-1-2-12(10-13)11-16-6-4-14(5-7-16)18-9-8-17/h1-3,10,14,17H,4-9,11H2. The van der Waals surface area contributed by atoms with Gasteiger partial charge in [0.15, 0.2) is 0 Å². The zero-order chi connectivity index (χ0) is 12.8. The van der Waals surface area contributed by atoms with E-state index in [4.69, 9.17) is 21.4 Å². The Balaban J connectivity index is 1.76. The van der Waals surface area contributed by atoms with Gasteiger partial charge in [-0.1, -0.05) is 23.7 Å². The van der Waals surface area contributed by atoms with Gasteiger partial charge in [-0.05, 0) is 30.5 Å². The summed E-state index contributed by atoms with van der Waals surface area (Å²) < 4.78 is 5.55. The molecule has 1 aromatic rings. The molecule has 0 spiro atoms. The lowest BCUT2D eigenvalue weighted by Gasteiger charge is -2.31. The van der Waals surface area contributed by atoms with E-state index < -0.39 is 0 Å². The fourth-order valence-electron chi connectivity index (χ4n) is 2.35. The van der Waals surface area contributed by atoms with E-state index in [0.29, 0.717) is 12.7 Å². The molecule has 0 atom stereocenters. The van der Waals surface area contributed by atoms with Crippen molar-refractivity contribution in [2.75, 3.05) is 26.3 Å². The third-order valence-corrected chi connectivity index (χ3v) is 3.51. The third kappa shape index (κ3) is 4.25. The minimum Gasteiger partial charge on any atom is -0.394 e. The number of piperidine rings is 1. The Bertz CT molecular complexity index is 365. The van der Waals surface area contributed by atoms with Crippen molar-refractivity contribution >= 4 is 11.6 Å². The lowest BCUT2D eigenvalue weighted by Crippen LogP contribution is -2.36. The van der Waals surface area contributed by atoms with Crippen LogP contribution in [-0.4, -0.2) is 42.4 Å². The number of benzene rings is 1. The molecule has 0 aliphatic carbocycles. The highest BCUT2D eigenvalue weighted by atomic mass is 35.5. The summed E-state index contributed by atoms with van der Waals surface area (Å²) in [5, 5.41) is 9.52. The summed E-state index contributed by atoms with van der Waals surface area (Å²) in [5.41, 5.74) is 1.26. The van der Waals surface area contributed by atoms with Gasteiger partial charge in [0.1, 0.15) is 0 Å². The first-order valence-electron chi connectivity index (χ1n) is 6.47. The number of hydrogen-bond acceptors (Lipinski definition) is 3. The van der Waals surface area contributed by atoms with E-state index in [0.717, 1.165) is 37.5 Å². The van der Waals surface area contributed by atoms with Gasteiger partial charge in [0.05, 0.1) is 19.3 Å². The van der Waals surface area contributed by atoms with Crippen LogP contribution in [0.25, 0.3) is 0 Å². The molecule has 0 saturated carbocycles. The van der Waals surface area contributed by atoms with Gasteiger partial charge in [-0.25, -0.2) is 0 Å². The van der Waals surface area contributed by atoms with E-state index >= 15 is 0 Å². The van der Waals surface area contributed by atoms with Gasteiger partial charge in [-0.3, -0.25) is 4.90 Å². The number of ether oxygens (including phenoxy) is 1. The van der Waals surface area contributed by atoms with Crippen LogP contribution in [-0.2, 0) is 11.3 Å². The molecule has 0 aromatic heterocycles. The first-order valence-corrected chi connectivity index (χ1v) is 6.85. The zero-order valence-corrected chi connectivity index (χ0v) is 11.3. The van der Waals surface area contributed by atoms with Crippen LogP contribution in [0.4, 0.5) is 0 Å². The second kappa shape index (κ2) is 7.10. The molecule has 0 unspecified atom stereocenters. The molecule has 1 N–H and O–H groups in total. The molecule has 0 bridgehead atoms. The Kier molecular flexibility index (Phi) is 5.45. The molecule has 0 amide bonds. The van der Waals surface area contributed by atoms with Crippen LogP contribution in [0.1, 0.15) is 18.4 Å². The maximum atomic E-state index is 8.72. The Morgan fingerprint density at radius 2 is 2.11 bits per heavy atom. The Labute approximate surface area is 113 Å². The normalized spacial score (nSPS) is 18.1. The van der Waals surface area contributed by atoms with Crippen molar-refractivity contribution in [2.45, 2.75) is 25.5 Å². The Morgan fingerprint density at radius 1 is 1.33 bits per heavy atom. The lowest BCUT2D eigenvalue weighted by molar-refractivity contribution is -0.00901. The molecule has 4 heteroatoms. The predicted molar refractivity (Wildman–Crippen MR) is 72.8 cm³/mol. The van der Waals surface area contributed by atoms with E-state index in [2.05, 4.69) is 11.0 Å². The van der Waals surface area contributed by atoms with Gasteiger partial charge in [0.2, 0.25) is 0 Å². The van der Waals surface area contributed by atoms with Crippen LogP contribution in [0.15, 0.2) is 24.3 Å². The van der Waals surface area contributed by atoms with Crippen LogP contribution in [0.3, 0.4) is 0 Å². The van der Waals surface area contributed by atoms with Crippen molar-refractivity contribution in [1.82, 2.24) is 4.90 Å². The van der Waals surface area contributed by atoms with Crippen molar-refractivity contribution in [2.24, 2.45) is 0 Å². The highest BCUT2D eigenvalue weighted by Crippen LogP contribution is 2.18. The van der Waals surface area contributed by atoms with Crippen LogP contribution in [0, 0.1) is 0 Å². The molecule has 3 nitrogen and oxygen atoms in total. The average Bonchev–Trinajstić information content (AvgIpc) is 2.38. The van der Waals surface area contributed by atoms with Crippen LogP contribution in [0.5, 0.6) is 0 Å². The molecule has 100 valence electrons. The highest BCUT2D eigenvalue weighted by Gasteiger charge is 2.19. The number of aliphatic hydroxyl groups excluding tert-OH is 1. The molecule has 2 rings (SSSR count). The van der Waals surface area contributed by atoms with Gasteiger partial charge in [-0.15, -0.1) is 0 Å². The molecule has 1 aliphatic rings. The second-order valence-corrected chi connectivity index (χ2v) is 5.14. The van der Waals surface area contributed by atoms with Crippen molar-refractivity contribution in [3.63, 3.8) is 0 Å². The Morgan fingerprint density at radius 3 is 2.78 bits per heavy atom. The number of aliphatic hydroxyl groups is 1. The van der Waals surface area contributed by atoms with Gasteiger partial charge >= 0.3 is 0 Å². The first-order chi connectivity index (χ1) is 8.78. The lowest BCUT2D eigenvalue weighted by atomic mass is 10.1. The van der Waals surface area contributed by atoms with Crippen molar-refractivity contribution in [3.8, 4) is 0 Å². The van der Waals surface area contributed by atoms with Crippen molar-refractivity contribution in [3.05, 3.63) is 34.9 Å². The van der Waals surface area contributed by atoms with Gasteiger partial charge in [0.25, 0.3) is 0 Å². The fraction of sp³-hybridized carbons (Fsp3) is 0.571. The Hall–Kier alpha value is -0.610. The zero-order valence-electron chi connectivity index (χ0n) is 10.5. The van der Waals surface area contributed by atoms with Crippen LogP contribution in [0.2, 0.25) is 5.02 Å². The quantitative estimate of drug-likeness (QED) is 0.890. The summed E-state index contributed by atoms with van der Waals surface area (Å²) >= 11 is 5.98. The van der Waals surface area contributed by atoms with E-state index in [1.54, 1.807) is 0 Å². The summed E-state index contributed by atoms with van der Waals surface area (Å²) in [4.78, 5) is 2.42. The number of rotatable bonds is 5. The minimum atomic E-state index is 0.114. The summed E-state index contributed by atoms with van der Waals surface area (Å²) in [6, 6.07) is 8.03. The van der Waals surface area contributed by atoms with Gasteiger partial charge in [0, 0.05) is 24.7 Å². The number of nitrogens with zero attached hydrogens (tertiary/aromatic N) is 1. The van der Waals surface area contributed by atoms with E-state index in [9.17, 15) is 0 Å². The third-order valence-electron chi connectivity index (χ3n) is 3.27. The molecule has 18 heavy (non-hydrogen) atoms. The largest absolute Gasteiger partial charge is 0.394 e. The number of likely N-dealkylation sites (tertiary alicyclic amines) is 1. The molecular weight excluding hydrogens is 250 g/mol. The fourth-order valence-corrected chi connectivity index (χ4v) is 2.56. The topological polar surface area (TPSA) is 32.7 Å². The molecule has 1 heterocycles. The maximum absolute atomic E-state index is 8.72. The van der Waals surface area contributed by atoms with Crippen molar-refractivity contribution in [1.29, 1.82) is 0 Å². The number of hydrogen-bond donors (Lipinski definition) is 1.